The highest BCUT2D eigenvalue weighted by molar-refractivity contribution is 9.10. The Hall–Kier alpha value is -1.31. The highest BCUT2D eigenvalue weighted by atomic mass is 79.9. The van der Waals surface area contributed by atoms with E-state index in [9.17, 15) is 4.79 Å². The summed E-state index contributed by atoms with van der Waals surface area (Å²) < 4.78 is 23.1. The summed E-state index contributed by atoms with van der Waals surface area (Å²) in [5.41, 5.74) is 0.575. The quantitative estimate of drug-likeness (QED) is 0.778. The second-order valence-electron chi connectivity index (χ2n) is 5.82. The van der Waals surface area contributed by atoms with Crippen molar-refractivity contribution in [2.45, 2.75) is 25.6 Å². The van der Waals surface area contributed by atoms with E-state index in [1.807, 2.05) is 11.8 Å². The first-order valence-corrected chi connectivity index (χ1v) is 8.95. The van der Waals surface area contributed by atoms with E-state index >= 15 is 0 Å². The van der Waals surface area contributed by atoms with E-state index in [0.717, 1.165) is 0 Å². The molecule has 1 aromatic carbocycles. The van der Waals surface area contributed by atoms with Gasteiger partial charge in [0, 0.05) is 31.5 Å². The number of rotatable bonds is 4. The number of carbonyl (C=O) groups is 1. The molecule has 2 saturated heterocycles. The second-order valence-corrected chi connectivity index (χ2v) is 6.68. The molecule has 2 heterocycles. The van der Waals surface area contributed by atoms with E-state index in [2.05, 4.69) is 15.9 Å². The Kier molecular flexibility index (Phi) is 5.32. The van der Waals surface area contributed by atoms with Crippen LogP contribution in [0.2, 0.25) is 0 Å². The molecule has 132 valence electrons. The minimum Gasteiger partial charge on any atom is -0.493 e. The Bertz CT molecular complexity index is 605. The molecule has 0 atom stereocenters. The molecule has 0 saturated carbocycles. The number of piperidine rings is 1. The van der Waals surface area contributed by atoms with E-state index < -0.39 is 5.79 Å². The van der Waals surface area contributed by atoms with Gasteiger partial charge in [-0.25, -0.2) is 0 Å². The van der Waals surface area contributed by atoms with E-state index in [0.29, 0.717) is 67.3 Å². The second kappa shape index (κ2) is 7.29. The first-order chi connectivity index (χ1) is 11.6. The van der Waals surface area contributed by atoms with Crippen LogP contribution in [-0.2, 0) is 9.47 Å². The minimum atomic E-state index is -0.478. The molecular formula is C17H22BrNO5. The molecule has 2 aliphatic rings. The maximum absolute atomic E-state index is 12.8. The van der Waals surface area contributed by atoms with Gasteiger partial charge in [-0.15, -0.1) is 0 Å². The predicted octanol–water partition coefficient (Wildman–Crippen LogP) is 2.84. The van der Waals surface area contributed by atoms with Gasteiger partial charge in [-0.05, 0) is 35.0 Å². The van der Waals surface area contributed by atoms with Gasteiger partial charge in [0.1, 0.15) is 0 Å². The zero-order chi connectivity index (χ0) is 17.2. The molecule has 1 spiro atoms. The third-order valence-corrected chi connectivity index (χ3v) is 4.98. The molecule has 0 radical (unpaired) electrons. The van der Waals surface area contributed by atoms with Crippen LogP contribution in [0.15, 0.2) is 16.6 Å². The number of hydrogen-bond acceptors (Lipinski definition) is 5. The maximum Gasteiger partial charge on any atom is 0.254 e. The first kappa shape index (κ1) is 17.5. The summed E-state index contributed by atoms with van der Waals surface area (Å²) in [7, 11) is 1.57. The van der Waals surface area contributed by atoms with Crippen molar-refractivity contribution in [2.24, 2.45) is 0 Å². The summed E-state index contributed by atoms with van der Waals surface area (Å²) in [6.45, 7) is 4.93. The Balaban J connectivity index is 1.74. The number of benzene rings is 1. The van der Waals surface area contributed by atoms with Gasteiger partial charge in [0.25, 0.3) is 5.91 Å². The third-order valence-electron chi connectivity index (χ3n) is 4.39. The fourth-order valence-electron chi connectivity index (χ4n) is 3.15. The minimum absolute atomic E-state index is 0.0232. The summed E-state index contributed by atoms with van der Waals surface area (Å²) in [5.74, 6) is 0.658. The van der Waals surface area contributed by atoms with Crippen LogP contribution in [0, 0.1) is 0 Å². The molecule has 0 aromatic heterocycles. The van der Waals surface area contributed by atoms with Gasteiger partial charge in [-0.2, -0.15) is 0 Å². The van der Waals surface area contributed by atoms with Crippen molar-refractivity contribution >= 4 is 21.8 Å². The van der Waals surface area contributed by atoms with Crippen LogP contribution in [0.3, 0.4) is 0 Å². The standard InChI is InChI=1S/C17H22BrNO5/c1-3-22-15-13(18)10-12(11-14(15)21-2)16(20)19-6-4-17(5-7-19)23-8-9-24-17/h10-11H,3-9H2,1-2H3. The predicted molar refractivity (Wildman–Crippen MR) is 91.6 cm³/mol. The zero-order valence-corrected chi connectivity index (χ0v) is 15.6. The van der Waals surface area contributed by atoms with Crippen LogP contribution >= 0.6 is 15.9 Å². The maximum atomic E-state index is 12.8. The van der Waals surface area contributed by atoms with Gasteiger partial charge in [-0.1, -0.05) is 0 Å². The molecule has 3 rings (SSSR count). The average molecular weight is 400 g/mol. The molecule has 1 amide bonds. The van der Waals surface area contributed by atoms with E-state index in [4.69, 9.17) is 18.9 Å². The smallest absolute Gasteiger partial charge is 0.254 e. The van der Waals surface area contributed by atoms with E-state index in [1.165, 1.54) is 0 Å². The number of likely N-dealkylation sites (tertiary alicyclic amines) is 1. The highest BCUT2D eigenvalue weighted by Crippen LogP contribution is 2.37. The summed E-state index contributed by atoms with van der Waals surface area (Å²) in [4.78, 5) is 14.7. The fourth-order valence-corrected chi connectivity index (χ4v) is 3.70. The number of hydrogen-bond donors (Lipinski definition) is 0. The van der Waals surface area contributed by atoms with Crippen LogP contribution in [0.25, 0.3) is 0 Å². The van der Waals surface area contributed by atoms with Crippen molar-refractivity contribution < 1.29 is 23.7 Å². The van der Waals surface area contributed by atoms with Crippen LogP contribution in [0.1, 0.15) is 30.1 Å². The molecule has 7 heteroatoms. The average Bonchev–Trinajstić information content (AvgIpc) is 3.04. The lowest BCUT2D eigenvalue weighted by atomic mass is 10.0. The van der Waals surface area contributed by atoms with Gasteiger partial charge in [0.2, 0.25) is 0 Å². The number of amides is 1. The molecule has 6 nitrogen and oxygen atoms in total. The van der Waals surface area contributed by atoms with Gasteiger partial charge in [-0.3, -0.25) is 4.79 Å². The molecule has 0 aliphatic carbocycles. The molecule has 0 N–H and O–H groups in total. The SMILES string of the molecule is CCOc1c(Br)cc(C(=O)N2CCC3(CC2)OCCO3)cc1OC. The van der Waals surface area contributed by atoms with Crippen molar-refractivity contribution in [1.82, 2.24) is 4.90 Å². The lowest BCUT2D eigenvalue weighted by Gasteiger charge is -2.37. The number of ether oxygens (including phenoxy) is 4. The summed E-state index contributed by atoms with van der Waals surface area (Å²) in [6, 6.07) is 3.51. The van der Waals surface area contributed by atoms with Crippen molar-refractivity contribution in [1.29, 1.82) is 0 Å². The van der Waals surface area contributed by atoms with Crippen LogP contribution < -0.4 is 9.47 Å². The Morgan fingerprint density at radius 1 is 1.29 bits per heavy atom. The lowest BCUT2D eigenvalue weighted by molar-refractivity contribution is -0.181. The van der Waals surface area contributed by atoms with Gasteiger partial charge >= 0.3 is 0 Å². The highest BCUT2D eigenvalue weighted by Gasteiger charge is 2.41. The Morgan fingerprint density at radius 3 is 2.54 bits per heavy atom. The van der Waals surface area contributed by atoms with Crippen LogP contribution in [-0.4, -0.2) is 56.6 Å². The largest absolute Gasteiger partial charge is 0.493 e. The summed E-state index contributed by atoms with van der Waals surface area (Å²) in [6.07, 6.45) is 1.40. The van der Waals surface area contributed by atoms with E-state index in [-0.39, 0.29) is 5.91 Å². The monoisotopic (exact) mass is 399 g/mol. The van der Waals surface area contributed by atoms with Crippen LogP contribution in [0.5, 0.6) is 11.5 Å². The van der Waals surface area contributed by atoms with Crippen molar-refractivity contribution in [3.8, 4) is 11.5 Å². The van der Waals surface area contributed by atoms with Gasteiger partial charge in [0.05, 0.1) is 31.4 Å². The first-order valence-electron chi connectivity index (χ1n) is 8.16. The Morgan fingerprint density at radius 2 is 1.96 bits per heavy atom. The van der Waals surface area contributed by atoms with Crippen LogP contribution in [0.4, 0.5) is 0 Å². The topological polar surface area (TPSA) is 57.2 Å². The van der Waals surface area contributed by atoms with Crippen molar-refractivity contribution in [3.63, 3.8) is 0 Å². The zero-order valence-electron chi connectivity index (χ0n) is 14.0. The normalized spacial score (nSPS) is 19.5. The van der Waals surface area contributed by atoms with Crippen molar-refractivity contribution in [3.05, 3.63) is 22.2 Å². The number of carbonyl (C=O) groups excluding carboxylic acids is 1. The molecule has 2 aliphatic heterocycles. The lowest BCUT2D eigenvalue weighted by Crippen LogP contribution is -2.47. The molecule has 0 unspecified atom stereocenters. The third kappa shape index (κ3) is 3.38. The number of halogens is 1. The summed E-state index contributed by atoms with van der Waals surface area (Å²) >= 11 is 3.47. The molecule has 0 bridgehead atoms. The number of nitrogens with zero attached hydrogens (tertiary/aromatic N) is 1. The fraction of sp³-hybridized carbons (Fsp3) is 0.588. The summed E-state index contributed by atoms with van der Waals surface area (Å²) in [5, 5.41) is 0. The Labute approximate surface area is 150 Å². The van der Waals surface area contributed by atoms with Crippen molar-refractivity contribution in [2.75, 3.05) is 40.0 Å². The van der Waals surface area contributed by atoms with Gasteiger partial charge < -0.3 is 23.8 Å². The van der Waals surface area contributed by atoms with E-state index in [1.54, 1.807) is 19.2 Å². The van der Waals surface area contributed by atoms with Gasteiger partial charge in [0.15, 0.2) is 17.3 Å². The molecular weight excluding hydrogens is 378 g/mol. The molecule has 24 heavy (non-hydrogen) atoms. The molecule has 1 aromatic rings. The number of methoxy groups -OCH3 is 1. The molecule has 2 fully saturated rings.